The molecule has 0 bridgehead atoms. The summed E-state index contributed by atoms with van der Waals surface area (Å²) in [6.45, 7) is 4.44. The first kappa shape index (κ1) is 21.6. The summed E-state index contributed by atoms with van der Waals surface area (Å²) in [6.07, 6.45) is 0.658. The number of nitrogens with zero attached hydrogens (tertiary/aromatic N) is 3. The van der Waals surface area contributed by atoms with E-state index in [4.69, 9.17) is 4.74 Å². The van der Waals surface area contributed by atoms with Crippen LogP contribution in [0.25, 0.3) is 0 Å². The van der Waals surface area contributed by atoms with E-state index in [0.717, 1.165) is 38.4 Å². The maximum atomic E-state index is 13.0. The van der Waals surface area contributed by atoms with Gasteiger partial charge in [0.1, 0.15) is 11.5 Å². The Morgan fingerprint density at radius 2 is 1.71 bits per heavy atom. The number of ether oxygens (including phenoxy) is 1. The number of benzene rings is 2. The first-order chi connectivity index (χ1) is 14.9. The average molecular weight is 446 g/mol. The Kier molecular flexibility index (Phi) is 6.17. The SMILES string of the molecule is COc1cccc2c1C(=O)CN(CCCN1CCN(c3ccc(O)cc3)CC1)S2(=O)=O. The van der Waals surface area contributed by atoms with E-state index in [1.54, 1.807) is 24.3 Å². The second-order valence-corrected chi connectivity index (χ2v) is 9.70. The standard InChI is InChI=1S/C22H27N3O5S/c1-30-20-4-2-5-21-22(20)19(27)16-25(31(21,28)29)11-3-10-23-12-14-24(15-13-23)17-6-8-18(26)9-7-17/h2,4-9,26H,3,10-16H2,1H3. The van der Waals surface area contributed by atoms with Gasteiger partial charge in [0.15, 0.2) is 5.78 Å². The van der Waals surface area contributed by atoms with E-state index in [2.05, 4.69) is 9.80 Å². The summed E-state index contributed by atoms with van der Waals surface area (Å²) < 4.78 is 32.5. The van der Waals surface area contributed by atoms with Gasteiger partial charge in [0.25, 0.3) is 0 Å². The van der Waals surface area contributed by atoms with Crippen LogP contribution >= 0.6 is 0 Å². The van der Waals surface area contributed by atoms with Crippen LogP contribution in [0.3, 0.4) is 0 Å². The number of phenols is 1. The molecule has 9 heteroatoms. The van der Waals surface area contributed by atoms with Gasteiger partial charge in [-0.15, -0.1) is 0 Å². The summed E-state index contributed by atoms with van der Waals surface area (Å²) in [5, 5.41) is 9.43. The lowest BCUT2D eigenvalue weighted by molar-refractivity contribution is 0.0950. The Morgan fingerprint density at radius 1 is 1.00 bits per heavy atom. The second-order valence-electron chi connectivity index (χ2n) is 7.79. The van der Waals surface area contributed by atoms with Crippen molar-refractivity contribution < 1.29 is 23.1 Å². The number of carbonyl (C=O) groups is 1. The van der Waals surface area contributed by atoms with Gasteiger partial charge in [-0.3, -0.25) is 9.69 Å². The average Bonchev–Trinajstić information content (AvgIpc) is 2.78. The minimum atomic E-state index is -3.71. The number of methoxy groups -OCH3 is 1. The van der Waals surface area contributed by atoms with Crippen molar-refractivity contribution in [3.8, 4) is 11.5 Å². The molecule has 0 atom stereocenters. The Bertz CT molecular complexity index is 1050. The Balaban J connectivity index is 1.32. The number of anilines is 1. The third-order valence-corrected chi connectivity index (χ3v) is 7.78. The highest BCUT2D eigenvalue weighted by Gasteiger charge is 2.37. The molecule has 2 aliphatic heterocycles. The molecule has 8 nitrogen and oxygen atoms in total. The van der Waals surface area contributed by atoms with Gasteiger partial charge in [-0.25, -0.2) is 8.42 Å². The molecule has 0 saturated carbocycles. The third-order valence-electron chi connectivity index (χ3n) is 5.89. The van der Waals surface area contributed by atoms with E-state index in [-0.39, 0.29) is 28.5 Å². The van der Waals surface area contributed by atoms with E-state index >= 15 is 0 Å². The van der Waals surface area contributed by atoms with Crippen LogP contribution in [-0.2, 0) is 10.0 Å². The summed E-state index contributed by atoms with van der Waals surface area (Å²) >= 11 is 0. The molecule has 2 aliphatic rings. The van der Waals surface area contributed by atoms with Crippen molar-refractivity contribution in [1.29, 1.82) is 0 Å². The zero-order valence-corrected chi connectivity index (χ0v) is 18.3. The van der Waals surface area contributed by atoms with E-state index < -0.39 is 10.0 Å². The fraction of sp³-hybridized carbons (Fsp3) is 0.409. The summed E-state index contributed by atoms with van der Waals surface area (Å²) in [5.74, 6) is 0.330. The molecular weight excluding hydrogens is 418 g/mol. The number of piperazine rings is 1. The minimum Gasteiger partial charge on any atom is -0.508 e. The molecule has 0 aromatic heterocycles. The van der Waals surface area contributed by atoms with Crippen LogP contribution in [0.1, 0.15) is 16.8 Å². The smallest absolute Gasteiger partial charge is 0.244 e. The molecule has 166 valence electrons. The minimum absolute atomic E-state index is 0.0330. The summed E-state index contributed by atoms with van der Waals surface area (Å²) in [5.41, 5.74) is 1.25. The maximum absolute atomic E-state index is 13.0. The molecule has 2 aromatic rings. The number of hydrogen-bond donors (Lipinski definition) is 1. The Hall–Kier alpha value is -2.62. The van der Waals surface area contributed by atoms with Crippen molar-refractivity contribution in [2.45, 2.75) is 11.3 Å². The molecule has 0 amide bonds. The highest BCUT2D eigenvalue weighted by atomic mass is 32.2. The number of aromatic hydroxyl groups is 1. The number of phenolic OH excluding ortho intramolecular Hbond substituents is 1. The van der Waals surface area contributed by atoms with E-state index in [1.807, 2.05) is 12.1 Å². The quantitative estimate of drug-likeness (QED) is 0.725. The molecule has 1 fully saturated rings. The normalized spacial score (nSPS) is 19.3. The second kappa shape index (κ2) is 8.86. The summed E-state index contributed by atoms with van der Waals surface area (Å²) in [7, 11) is -2.28. The first-order valence-electron chi connectivity index (χ1n) is 10.4. The Morgan fingerprint density at radius 3 is 2.39 bits per heavy atom. The Labute approximate surface area is 182 Å². The van der Waals surface area contributed by atoms with Crippen LogP contribution in [-0.4, -0.2) is 81.4 Å². The van der Waals surface area contributed by atoms with Crippen LogP contribution in [0, 0.1) is 0 Å². The van der Waals surface area contributed by atoms with Crippen LogP contribution < -0.4 is 9.64 Å². The highest BCUT2D eigenvalue weighted by Crippen LogP contribution is 2.32. The van der Waals surface area contributed by atoms with E-state index in [1.165, 1.54) is 17.5 Å². The van der Waals surface area contributed by atoms with Gasteiger partial charge < -0.3 is 14.7 Å². The molecule has 2 aromatic carbocycles. The lowest BCUT2D eigenvalue weighted by Crippen LogP contribution is -2.47. The van der Waals surface area contributed by atoms with E-state index in [0.29, 0.717) is 18.7 Å². The zero-order valence-electron chi connectivity index (χ0n) is 17.5. The molecule has 0 aliphatic carbocycles. The molecule has 2 heterocycles. The number of sulfonamides is 1. The van der Waals surface area contributed by atoms with Gasteiger partial charge in [-0.2, -0.15) is 4.31 Å². The van der Waals surface area contributed by atoms with Crippen molar-refractivity contribution >= 4 is 21.5 Å². The molecule has 0 radical (unpaired) electrons. The van der Waals surface area contributed by atoms with Crippen molar-refractivity contribution in [2.24, 2.45) is 0 Å². The van der Waals surface area contributed by atoms with Crippen molar-refractivity contribution in [2.75, 3.05) is 57.8 Å². The number of rotatable bonds is 6. The fourth-order valence-electron chi connectivity index (χ4n) is 4.20. The topological polar surface area (TPSA) is 90.4 Å². The van der Waals surface area contributed by atoms with Gasteiger partial charge >= 0.3 is 0 Å². The van der Waals surface area contributed by atoms with Gasteiger partial charge in [0.05, 0.1) is 24.1 Å². The van der Waals surface area contributed by atoms with Gasteiger partial charge in [0.2, 0.25) is 10.0 Å². The molecule has 0 spiro atoms. The van der Waals surface area contributed by atoms with Crippen LogP contribution in [0.15, 0.2) is 47.4 Å². The van der Waals surface area contributed by atoms with Crippen molar-refractivity contribution in [3.05, 3.63) is 48.0 Å². The lowest BCUT2D eigenvalue weighted by Gasteiger charge is -2.36. The third kappa shape index (κ3) is 4.39. The molecule has 4 rings (SSSR count). The zero-order chi connectivity index (χ0) is 22.0. The van der Waals surface area contributed by atoms with Gasteiger partial charge in [-0.05, 0) is 49.4 Å². The highest BCUT2D eigenvalue weighted by molar-refractivity contribution is 7.89. The molecule has 1 saturated heterocycles. The molecule has 31 heavy (non-hydrogen) atoms. The molecule has 0 unspecified atom stereocenters. The predicted molar refractivity (Wildman–Crippen MR) is 117 cm³/mol. The summed E-state index contributed by atoms with van der Waals surface area (Å²) in [6, 6.07) is 11.9. The number of carbonyl (C=O) groups excluding carboxylic acids is 1. The molecular formula is C22H27N3O5S. The maximum Gasteiger partial charge on any atom is 0.244 e. The number of hydrogen-bond acceptors (Lipinski definition) is 7. The largest absolute Gasteiger partial charge is 0.508 e. The lowest BCUT2D eigenvalue weighted by atomic mass is 10.1. The first-order valence-corrected chi connectivity index (χ1v) is 11.8. The summed E-state index contributed by atoms with van der Waals surface area (Å²) in [4.78, 5) is 17.2. The predicted octanol–water partition coefficient (Wildman–Crippen LogP) is 1.80. The van der Waals surface area contributed by atoms with E-state index in [9.17, 15) is 18.3 Å². The van der Waals surface area contributed by atoms with Gasteiger partial charge in [-0.1, -0.05) is 6.07 Å². The van der Waals surface area contributed by atoms with Crippen LogP contribution in [0.2, 0.25) is 0 Å². The number of Topliss-reactive ketones (excluding diaryl/α,β-unsaturated/α-hetero) is 1. The van der Waals surface area contributed by atoms with Crippen LogP contribution in [0.4, 0.5) is 5.69 Å². The molecule has 1 N–H and O–H groups in total. The van der Waals surface area contributed by atoms with Crippen LogP contribution in [0.5, 0.6) is 11.5 Å². The fourth-order valence-corrected chi connectivity index (χ4v) is 5.85. The monoisotopic (exact) mass is 445 g/mol. The van der Waals surface area contributed by atoms with Gasteiger partial charge in [0, 0.05) is 38.4 Å². The van der Waals surface area contributed by atoms with Crippen molar-refractivity contribution in [3.63, 3.8) is 0 Å². The van der Waals surface area contributed by atoms with Crippen molar-refractivity contribution in [1.82, 2.24) is 9.21 Å². The number of fused-ring (bicyclic) bond motifs is 1. The number of ketones is 1.